The summed E-state index contributed by atoms with van der Waals surface area (Å²) in [7, 11) is -1.78. The molecule has 2 aromatic carbocycles. The fraction of sp³-hybridized carbons (Fsp3) is 0.143. The monoisotopic (exact) mass is 244 g/mol. The maximum atomic E-state index is 13.7. The molecule has 0 spiro atoms. The molecule has 18 heavy (non-hydrogen) atoms. The van der Waals surface area contributed by atoms with Crippen molar-refractivity contribution in [3.05, 3.63) is 53.3 Å². The second-order valence-corrected chi connectivity index (χ2v) is 4.43. The maximum Gasteiger partial charge on any atom is 0.491 e. The van der Waals surface area contributed by atoms with Gasteiger partial charge in [0.2, 0.25) is 0 Å². The molecule has 4 heteroatoms. The van der Waals surface area contributed by atoms with Gasteiger partial charge in [-0.2, -0.15) is 0 Å². The summed E-state index contributed by atoms with van der Waals surface area (Å²) >= 11 is 0. The lowest BCUT2D eigenvalue weighted by molar-refractivity contribution is 0.423. The van der Waals surface area contributed by atoms with Crippen molar-refractivity contribution in [2.24, 2.45) is 0 Å². The molecular formula is C14H14BFO2. The zero-order chi connectivity index (χ0) is 13.3. The fourth-order valence-corrected chi connectivity index (χ4v) is 2.03. The molecule has 2 nitrogen and oxygen atoms in total. The minimum atomic E-state index is -1.78. The first-order valence-corrected chi connectivity index (χ1v) is 5.72. The third-order valence-electron chi connectivity index (χ3n) is 2.95. The molecular weight excluding hydrogens is 230 g/mol. The van der Waals surface area contributed by atoms with Crippen LogP contribution in [0.2, 0.25) is 0 Å². The number of hydrogen-bond donors (Lipinski definition) is 2. The molecule has 0 amide bonds. The van der Waals surface area contributed by atoms with Gasteiger partial charge >= 0.3 is 7.12 Å². The average Bonchev–Trinajstić information content (AvgIpc) is 2.31. The normalized spacial score (nSPS) is 10.5. The number of aryl methyl sites for hydroxylation is 2. The van der Waals surface area contributed by atoms with Crippen LogP contribution in [0.3, 0.4) is 0 Å². The number of hydrogen-bond acceptors (Lipinski definition) is 2. The van der Waals surface area contributed by atoms with Gasteiger partial charge in [-0.05, 0) is 36.6 Å². The summed E-state index contributed by atoms with van der Waals surface area (Å²) in [5, 5.41) is 18.1. The van der Waals surface area contributed by atoms with Gasteiger partial charge in [0.1, 0.15) is 5.82 Å². The van der Waals surface area contributed by atoms with Gasteiger partial charge in [-0.25, -0.2) is 4.39 Å². The highest BCUT2D eigenvalue weighted by atomic mass is 19.1. The van der Waals surface area contributed by atoms with E-state index in [4.69, 9.17) is 10.0 Å². The Kier molecular flexibility index (Phi) is 3.50. The van der Waals surface area contributed by atoms with Crippen LogP contribution in [0.1, 0.15) is 11.1 Å². The van der Waals surface area contributed by atoms with Crippen LogP contribution in [-0.4, -0.2) is 17.2 Å². The van der Waals surface area contributed by atoms with Crippen LogP contribution in [0.4, 0.5) is 4.39 Å². The van der Waals surface area contributed by atoms with Gasteiger partial charge in [0.25, 0.3) is 0 Å². The summed E-state index contributed by atoms with van der Waals surface area (Å²) in [6.45, 7) is 3.80. The smallest absolute Gasteiger partial charge is 0.423 e. The van der Waals surface area contributed by atoms with Crippen LogP contribution < -0.4 is 5.46 Å². The van der Waals surface area contributed by atoms with Gasteiger partial charge in [0.05, 0.1) is 0 Å². The Hall–Kier alpha value is -1.65. The molecule has 0 fully saturated rings. The topological polar surface area (TPSA) is 40.5 Å². The Balaban J connectivity index is 2.56. The van der Waals surface area contributed by atoms with Gasteiger partial charge < -0.3 is 10.0 Å². The molecule has 0 aliphatic carbocycles. The Bertz CT molecular complexity index is 582. The van der Waals surface area contributed by atoms with Crippen molar-refractivity contribution in [1.29, 1.82) is 0 Å². The van der Waals surface area contributed by atoms with Crippen molar-refractivity contribution in [2.75, 3.05) is 0 Å². The zero-order valence-corrected chi connectivity index (χ0v) is 10.3. The molecule has 0 saturated heterocycles. The number of benzene rings is 2. The molecule has 0 saturated carbocycles. The standard InChI is InChI=1S/C14H14BFO2/c1-9-4-3-5-11(6-9)12-8-14(16)13(15(17)18)7-10(12)2/h3-8,17-18H,1-2H3. The van der Waals surface area contributed by atoms with Crippen LogP contribution in [0.15, 0.2) is 36.4 Å². The first-order chi connectivity index (χ1) is 8.49. The van der Waals surface area contributed by atoms with E-state index in [1.54, 1.807) is 0 Å². The van der Waals surface area contributed by atoms with E-state index >= 15 is 0 Å². The summed E-state index contributed by atoms with van der Waals surface area (Å²) in [6, 6.07) is 10.6. The molecule has 2 N–H and O–H groups in total. The van der Waals surface area contributed by atoms with Gasteiger partial charge in [0, 0.05) is 5.46 Å². The van der Waals surface area contributed by atoms with Crippen molar-refractivity contribution >= 4 is 12.6 Å². The van der Waals surface area contributed by atoms with Crippen molar-refractivity contribution in [3.63, 3.8) is 0 Å². The molecule has 2 aromatic rings. The Labute approximate surface area is 106 Å². The van der Waals surface area contributed by atoms with E-state index in [0.29, 0.717) is 0 Å². The molecule has 0 radical (unpaired) electrons. The molecule has 92 valence electrons. The van der Waals surface area contributed by atoms with Crippen molar-refractivity contribution in [3.8, 4) is 11.1 Å². The van der Waals surface area contributed by atoms with E-state index in [2.05, 4.69) is 0 Å². The highest BCUT2D eigenvalue weighted by molar-refractivity contribution is 6.58. The molecule has 0 bridgehead atoms. The summed E-state index contributed by atoms with van der Waals surface area (Å²) in [4.78, 5) is 0. The van der Waals surface area contributed by atoms with Crippen molar-refractivity contribution in [1.82, 2.24) is 0 Å². The van der Waals surface area contributed by atoms with E-state index in [9.17, 15) is 4.39 Å². The predicted molar refractivity (Wildman–Crippen MR) is 71.1 cm³/mol. The third-order valence-corrected chi connectivity index (χ3v) is 2.95. The molecule has 0 unspecified atom stereocenters. The Morgan fingerprint density at radius 2 is 1.78 bits per heavy atom. The van der Waals surface area contributed by atoms with E-state index < -0.39 is 12.9 Å². The van der Waals surface area contributed by atoms with Crippen LogP contribution in [0.25, 0.3) is 11.1 Å². The molecule has 0 heterocycles. The third kappa shape index (κ3) is 2.45. The van der Waals surface area contributed by atoms with E-state index in [-0.39, 0.29) is 5.46 Å². The largest absolute Gasteiger partial charge is 0.491 e. The molecule has 0 aliphatic heterocycles. The van der Waals surface area contributed by atoms with E-state index in [1.165, 1.54) is 12.1 Å². The quantitative estimate of drug-likeness (QED) is 0.790. The minimum Gasteiger partial charge on any atom is -0.423 e. The van der Waals surface area contributed by atoms with Crippen molar-refractivity contribution < 1.29 is 14.4 Å². The SMILES string of the molecule is Cc1cccc(-c2cc(F)c(B(O)O)cc2C)c1. The van der Waals surface area contributed by atoms with Crippen molar-refractivity contribution in [2.45, 2.75) is 13.8 Å². The lowest BCUT2D eigenvalue weighted by atomic mass is 9.78. The number of rotatable bonds is 2. The summed E-state index contributed by atoms with van der Waals surface area (Å²) in [5.74, 6) is -0.605. The second kappa shape index (κ2) is 4.92. The first-order valence-electron chi connectivity index (χ1n) is 5.72. The highest BCUT2D eigenvalue weighted by Gasteiger charge is 2.18. The van der Waals surface area contributed by atoms with Crippen LogP contribution in [0, 0.1) is 19.7 Å². The zero-order valence-electron chi connectivity index (χ0n) is 10.3. The van der Waals surface area contributed by atoms with Gasteiger partial charge in [-0.3, -0.25) is 0 Å². The van der Waals surface area contributed by atoms with E-state index in [0.717, 1.165) is 22.3 Å². The summed E-state index contributed by atoms with van der Waals surface area (Å²) in [5.41, 5.74) is 3.50. The summed E-state index contributed by atoms with van der Waals surface area (Å²) in [6.07, 6.45) is 0. The lowest BCUT2D eigenvalue weighted by Crippen LogP contribution is -2.33. The van der Waals surface area contributed by atoms with Gasteiger partial charge in [-0.15, -0.1) is 0 Å². The molecule has 0 aromatic heterocycles. The van der Waals surface area contributed by atoms with E-state index in [1.807, 2.05) is 38.1 Å². The first kappa shape index (κ1) is 12.8. The van der Waals surface area contributed by atoms with Crippen LogP contribution in [-0.2, 0) is 0 Å². The van der Waals surface area contributed by atoms with Gasteiger partial charge in [-0.1, -0.05) is 35.9 Å². The molecule has 0 aliphatic rings. The fourth-order valence-electron chi connectivity index (χ4n) is 2.03. The Morgan fingerprint density at radius 1 is 1.06 bits per heavy atom. The number of halogens is 1. The minimum absolute atomic E-state index is 0.0936. The van der Waals surface area contributed by atoms with Crippen LogP contribution >= 0.6 is 0 Å². The van der Waals surface area contributed by atoms with Gasteiger partial charge in [0.15, 0.2) is 0 Å². The predicted octanol–water partition coefficient (Wildman–Crippen LogP) is 1.79. The highest BCUT2D eigenvalue weighted by Crippen LogP contribution is 2.24. The molecule has 0 atom stereocenters. The maximum absolute atomic E-state index is 13.7. The summed E-state index contributed by atoms with van der Waals surface area (Å²) < 4.78 is 13.7. The molecule has 2 rings (SSSR count). The lowest BCUT2D eigenvalue weighted by Gasteiger charge is -2.10. The Morgan fingerprint density at radius 3 is 2.39 bits per heavy atom. The van der Waals surface area contributed by atoms with Crippen LogP contribution in [0.5, 0.6) is 0 Å². The second-order valence-electron chi connectivity index (χ2n) is 4.43. The average molecular weight is 244 g/mol.